The standard InChI is InChI=1S/C15H23N3O/c1-18(2)17-14(13-7-4-3-5-8-13)9-6-10-15-16-11-12-19-15/h3-5,7-8,15-16H,6,9-12H2,1-2H3/b17-14+. The molecule has 1 atom stereocenters. The zero-order chi connectivity index (χ0) is 13.5. The highest BCUT2D eigenvalue weighted by Gasteiger charge is 2.14. The maximum absolute atomic E-state index is 5.56. The van der Waals surface area contributed by atoms with Crippen LogP contribution in [0.4, 0.5) is 0 Å². The van der Waals surface area contributed by atoms with Crippen LogP contribution < -0.4 is 5.32 Å². The van der Waals surface area contributed by atoms with E-state index in [0.717, 1.165) is 38.1 Å². The molecule has 0 amide bonds. The van der Waals surface area contributed by atoms with Crippen LogP contribution in [0.3, 0.4) is 0 Å². The quantitative estimate of drug-likeness (QED) is 0.629. The molecule has 0 radical (unpaired) electrons. The van der Waals surface area contributed by atoms with Crippen LogP contribution in [0.1, 0.15) is 24.8 Å². The van der Waals surface area contributed by atoms with Crippen molar-refractivity contribution >= 4 is 5.71 Å². The van der Waals surface area contributed by atoms with Crippen molar-refractivity contribution in [2.75, 3.05) is 27.2 Å². The van der Waals surface area contributed by atoms with E-state index in [2.05, 4.69) is 34.7 Å². The van der Waals surface area contributed by atoms with Crippen molar-refractivity contribution in [3.63, 3.8) is 0 Å². The third kappa shape index (κ3) is 4.65. The molecule has 4 nitrogen and oxygen atoms in total. The first-order valence-corrected chi connectivity index (χ1v) is 6.91. The van der Waals surface area contributed by atoms with Crippen molar-refractivity contribution in [3.05, 3.63) is 35.9 Å². The molecule has 1 aliphatic heterocycles. The van der Waals surface area contributed by atoms with Crippen LogP contribution in [0, 0.1) is 0 Å². The topological polar surface area (TPSA) is 36.9 Å². The van der Waals surface area contributed by atoms with E-state index >= 15 is 0 Å². The van der Waals surface area contributed by atoms with Crippen molar-refractivity contribution in [1.82, 2.24) is 10.3 Å². The fourth-order valence-electron chi connectivity index (χ4n) is 2.24. The SMILES string of the molecule is CN(C)/N=C(\CCCC1NCCO1)c1ccccc1. The molecule has 19 heavy (non-hydrogen) atoms. The van der Waals surface area contributed by atoms with Gasteiger partial charge in [-0.25, -0.2) is 0 Å². The number of ether oxygens (including phenoxy) is 1. The molecule has 1 aromatic carbocycles. The summed E-state index contributed by atoms with van der Waals surface area (Å²) in [5.74, 6) is 0. The Labute approximate surface area is 115 Å². The Bertz CT molecular complexity index is 397. The molecule has 0 saturated carbocycles. The number of benzene rings is 1. The third-order valence-corrected chi connectivity index (χ3v) is 3.10. The summed E-state index contributed by atoms with van der Waals surface area (Å²) < 4.78 is 5.56. The van der Waals surface area contributed by atoms with Crippen molar-refractivity contribution in [2.45, 2.75) is 25.5 Å². The predicted octanol–water partition coefficient (Wildman–Crippen LogP) is 2.07. The number of hydrogen-bond acceptors (Lipinski definition) is 4. The zero-order valence-electron chi connectivity index (χ0n) is 11.8. The van der Waals surface area contributed by atoms with Gasteiger partial charge in [-0.1, -0.05) is 30.3 Å². The molecule has 1 N–H and O–H groups in total. The molecule has 2 rings (SSSR count). The van der Waals surface area contributed by atoms with Crippen LogP contribution in [0.5, 0.6) is 0 Å². The summed E-state index contributed by atoms with van der Waals surface area (Å²) in [7, 11) is 3.93. The molecule has 1 saturated heterocycles. The highest BCUT2D eigenvalue weighted by atomic mass is 16.5. The first-order chi connectivity index (χ1) is 9.25. The summed E-state index contributed by atoms with van der Waals surface area (Å²) in [4.78, 5) is 0. The second kappa shape index (κ2) is 7.26. The average Bonchev–Trinajstić information content (AvgIpc) is 2.91. The summed E-state index contributed by atoms with van der Waals surface area (Å²) in [5.41, 5.74) is 2.35. The molecule has 0 aromatic heterocycles. The Hall–Kier alpha value is -1.39. The Kier molecular flexibility index (Phi) is 5.36. The lowest BCUT2D eigenvalue weighted by Gasteiger charge is -2.13. The third-order valence-electron chi connectivity index (χ3n) is 3.10. The maximum atomic E-state index is 5.56. The van der Waals surface area contributed by atoms with Gasteiger partial charge in [0.1, 0.15) is 6.23 Å². The lowest BCUT2D eigenvalue weighted by Crippen LogP contribution is -2.22. The molecule has 0 aliphatic carbocycles. The Morgan fingerprint density at radius 1 is 1.37 bits per heavy atom. The van der Waals surface area contributed by atoms with Crippen LogP contribution in [-0.4, -0.2) is 44.2 Å². The Balaban J connectivity index is 1.91. The van der Waals surface area contributed by atoms with Gasteiger partial charge in [-0.05, 0) is 24.8 Å². The zero-order valence-corrected chi connectivity index (χ0v) is 11.8. The molecule has 1 fully saturated rings. The van der Waals surface area contributed by atoms with Crippen molar-refractivity contribution < 1.29 is 4.74 Å². The van der Waals surface area contributed by atoms with Gasteiger partial charge in [0, 0.05) is 20.6 Å². The average molecular weight is 261 g/mol. The minimum Gasteiger partial charge on any atom is -0.362 e. The highest BCUT2D eigenvalue weighted by molar-refractivity contribution is 6.00. The first kappa shape index (κ1) is 14.0. The molecule has 1 aliphatic rings. The molecule has 1 aromatic rings. The summed E-state index contributed by atoms with van der Waals surface area (Å²) in [5, 5.41) is 9.81. The summed E-state index contributed by atoms with van der Waals surface area (Å²) >= 11 is 0. The normalized spacial score (nSPS) is 19.7. The number of nitrogens with zero attached hydrogens (tertiary/aromatic N) is 2. The van der Waals surface area contributed by atoms with Gasteiger partial charge in [-0.3, -0.25) is 5.32 Å². The largest absolute Gasteiger partial charge is 0.362 e. The van der Waals surface area contributed by atoms with Gasteiger partial charge in [0.25, 0.3) is 0 Å². The van der Waals surface area contributed by atoms with Gasteiger partial charge in [0.15, 0.2) is 0 Å². The van der Waals surface area contributed by atoms with Crippen LogP contribution in [-0.2, 0) is 4.74 Å². The molecular weight excluding hydrogens is 238 g/mol. The molecule has 0 spiro atoms. The molecule has 1 unspecified atom stereocenters. The van der Waals surface area contributed by atoms with Crippen molar-refractivity contribution in [2.24, 2.45) is 5.10 Å². The first-order valence-electron chi connectivity index (χ1n) is 6.91. The minimum absolute atomic E-state index is 0.233. The lowest BCUT2D eigenvalue weighted by atomic mass is 10.0. The molecule has 1 heterocycles. The minimum atomic E-state index is 0.233. The summed E-state index contributed by atoms with van der Waals surface area (Å²) in [6, 6.07) is 10.4. The van der Waals surface area contributed by atoms with E-state index in [9.17, 15) is 0 Å². The van der Waals surface area contributed by atoms with Gasteiger partial charge in [0.2, 0.25) is 0 Å². The van der Waals surface area contributed by atoms with E-state index in [-0.39, 0.29) is 6.23 Å². The fraction of sp³-hybridized carbons (Fsp3) is 0.533. The van der Waals surface area contributed by atoms with Crippen LogP contribution >= 0.6 is 0 Å². The molecule has 4 heteroatoms. The van der Waals surface area contributed by atoms with E-state index in [4.69, 9.17) is 4.74 Å². The molecule has 0 bridgehead atoms. The number of hydrogen-bond donors (Lipinski definition) is 1. The lowest BCUT2D eigenvalue weighted by molar-refractivity contribution is 0.0930. The summed E-state index contributed by atoms with van der Waals surface area (Å²) in [6.07, 6.45) is 3.33. The van der Waals surface area contributed by atoms with Crippen LogP contribution in [0.15, 0.2) is 35.4 Å². The fourth-order valence-corrected chi connectivity index (χ4v) is 2.24. The molecule has 104 valence electrons. The number of nitrogens with one attached hydrogen (secondary N) is 1. The van der Waals surface area contributed by atoms with Crippen LogP contribution in [0.2, 0.25) is 0 Å². The van der Waals surface area contributed by atoms with E-state index < -0.39 is 0 Å². The van der Waals surface area contributed by atoms with Crippen LogP contribution in [0.25, 0.3) is 0 Å². The second-order valence-corrected chi connectivity index (χ2v) is 4.97. The van der Waals surface area contributed by atoms with Crippen molar-refractivity contribution in [3.8, 4) is 0 Å². The Morgan fingerprint density at radius 3 is 2.79 bits per heavy atom. The van der Waals surface area contributed by atoms with Gasteiger partial charge in [0.05, 0.1) is 12.3 Å². The summed E-state index contributed by atoms with van der Waals surface area (Å²) in [6.45, 7) is 1.81. The second-order valence-electron chi connectivity index (χ2n) is 4.97. The van der Waals surface area contributed by atoms with E-state index in [1.807, 2.05) is 25.2 Å². The number of hydrazone groups is 1. The molecular formula is C15H23N3O. The smallest absolute Gasteiger partial charge is 0.108 e. The van der Waals surface area contributed by atoms with E-state index in [0.29, 0.717) is 0 Å². The number of rotatable bonds is 6. The monoisotopic (exact) mass is 261 g/mol. The van der Waals surface area contributed by atoms with Gasteiger partial charge >= 0.3 is 0 Å². The Morgan fingerprint density at radius 2 is 2.16 bits per heavy atom. The van der Waals surface area contributed by atoms with Gasteiger partial charge < -0.3 is 9.75 Å². The maximum Gasteiger partial charge on any atom is 0.108 e. The van der Waals surface area contributed by atoms with E-state index in [1.165, 1.54) is 5.56 Å². The van der Waals surface area contributed by atoms with Gasteiger partial charge in [-0.2, -0.15) is 5.10 Å². The highest BCUT2D eigenvalue weighted by Crippen LogP contribution is 2.12. The van der Waals surface area contributed by atoms with Crippen molar-refractivity contribution in [1.29, 1.82) is 0 Å². The predicted molar refractivity (Wildman–Crippen MR) is 78.3 cm³/mol. The van der Waals surface area contributed by atoms with E-state index in [1.54, 1.807) is 0 Å². The van der Waals surface area contributed by atoms with Gasteiger partial charge in [-0.15, -0.1) is 0 Å².